The van der Waals surface area contributed by atoms with Gasteiger partial charge in [-0.3, -0.25) is 9.69 Å². The van der Waals surface area contributed by atoms with Crippen molar-refractivity contribution in [3.05, 3.63) is 77.6 Å². The summed E-state index contributed by atoms with van der Waals surface area (Å²) in [5.74, 6) is -0.230. The van der Waals surface area contributed by atoms with Gasteiger partial charge in [-0.25, -0.2) is 4.39 Å². The Balaban J connectivity index is 1.30. The Bertz CT molecular complexity index is 1290. The van der Waals surface area contributed by atoms with Gasteiger partial charge in [-0.15, -0.1) is 0 Å². The molecule has 2 heterocycles. The highest BCUT2D eigenvalue weighted by Crippen LogP contribution is 2.40. The van der Waals surface area contributed by atoms with Gasteiger partial charge in [0.15, 0.2) is 0 Å². The first-order valence-electron chi connectivity index (χ1n) is 14.5. The maximum Gasteiger partial charge on any atom is 0.250 e. The summed E-state index contributed by atoms with van der Waals surface area (Å²) < 4.78 is 13.8. The fraction of sp³-hybridized carbons (Fsp3) is 0.469. The van der Waals surface area contributed by atoms with E-state index in [0.29, 0.717) is 26.1 Å². The highest BCUT2D eigenvalue weighted by atomic mass is 19.1. The molecule has 3 aromatic carbocycles. The maximum atomic E-state index is 14.0. The number of aliphatic hydroxyl groups excluding tert-OH is 1. The predicted octanol–water partition coefficient (Wildman–Crippen LogP) is 3.49. The van der Waals surface area contributed by atoms with Gasteiger partial charge in [0, 0.05) is 38.4 Å². The molecule has 214 valence electrons. The molecule has 3 aromatic rings. The van der Waals surface area contributed by atoms with Crippen molar-refractivity contribution in [2.45, 2.75) is 44.4 Å². The number of carbonyl (C=O) groups excluding carboxylic acids is 1. The van der Waals surface area contributed by atoms with Crippen LogP contribution in [0.5, 0.6) is 0 Å². The summed E-state index contributed by atoms with van der Waals surface area (Å²) in [6.07, 6.45) is 1.68. The van der Waals surface area contributed by atoms with Crippen LogP contribution in [0.1, 0.15) is 30.4 Å². The van der Waals surface area contributed by atoms with Gasteiger partial charge in [-0.05, 0) is 92.5 Å². The Labute approximate surface area is 236 Å². The van der Waals surface area contributed by atoms with Crippen LogP contribution in [0.3, 0.4) is 0 Å². The van der Waals surface area contributed by atoms with Crippen molar-refractivity contribution in [1.82, 2.24) is 20.4 Å². The van der Waals surface area contributed by atoms with E-state index in [2.05, 4.69) is 63.8 Å². The summed E-state index contributed by atoms with van der Waals surface area (Å²) >= 11 is 0. The summed E-state index contributed by atoms with van der Waals surface area (Å²) in [4.78, 5) is 20.4. The summed E-state index contributed by atoms with van der Waals surface area (Å²) in [5, 5.41) is 19.7. The number of nitrogens with zero attached hydrogens (tertiary/aromatic N) is 3. The zero-order chi connectivity index (χ0) is 28.1. The third-order valence-corrected chi connectivity index (χ3v) is 8.52. The lowest BCUT2D eigenvalue weighted by Crippen LogP contribution is -2.56. The molecular weight excluding hydrogens is 505 g/mol. The number of piperidine rings is 1. The highest BCUT2D eigenvalue weighted by Gasteiger charge is 2.53. The van der Waals surface area contributed by atoms with Gasteiger partial charge in [-0.1, -0.05) is 36.4 Å². The van der Waals surface area contributed by atoms with Crippen molar-refractivity contribution in [2.75, 3.05) is 57.9 Å². The van der Waals surface area contributed by atoms with E-state index in [1.54, 1.807) is 17.0 Å². The molecule has 2 fully saturated rings. The minimum absolute atomic E-state index is 0.0618. The van der Waals surface area contributed by atoms with Crippen LogP contribution in [0.25, 0.3) is 10.8 Å². The second-order valence-corrected chi connectivity index (χ2v) is 11.3. The molecule has 3 N–H and O–H groups in total. The zero-order valence-electron chi connectivity index (χ0n) is 23.7. The molecule has 0 unspecified atom stereocenters. The Morgan fingerprint density at radius 1 is 1.02 bits per heavy atom. The monoisotopic (exact) mass is 547 g/mol. The molecule has 1 atom stereocenters. The summed E-state index contributed by atoms with van der Waals surface area (Å²) in [5.41, 5.74) is 2.74. The number of aliphatic hydroxyl groups is 1. The summed E-state index contributed by atoms with van der Waals surface area (Å²) in [7, 11) is 1.92. The molecule has 5 rings (SSSR count). The van der Waals surface area contributed by atoms with E-state index in [1.807, 2.05) is 7.05 Å². The minimum atomic E-state index is -0.692. The number of aryl methyl sites for hydroxylation is 1. The van der Waals surface area contributed by atoms with Crippen LogP contribution in [0.15, 0.2) is 60.7 Å². The van der Waals surface area contributed by atoms with Gasteiger partial charge in [0.05, 0.1) is 12.8 Å². The van der Waals surface area contributed by atoms with Crippen molar-refractivity contribution in [1.29, 1.82) is 0 Å². The van der Waals surface area contributed by atoms with E-state index in [9.17, 15) is 14.3 Å². The van der Waals surface area contributed by atoms with Crippen molar-refractivity contribution in [3.63, 3.8) is 0 Å². The average molecular weight is 548 g/mol. The van der Waals surface area contributed by atoms with Crippen molar-refractivity contribution in [2.24, 2.45) is 0 Å². The number of hydrogen-bond donors (Lipinski definition) is 3. The topological polar surface area (TPSA) is 71.1 Å². The fourth-order valence-electron chi connectivity index (χ4n) is 6.41. The molecule has 0 bridgehead atoms. The quantitative estimate of drug-likeness (QED) is 0.320. The molecule has 2 aliphatic rings. The number of rotatable bonds is 11. The number of β-amino-alcohol motifs (C(OH)–C–C–N with tert-alkyl or cyclic N) is 1. The molecule has 8 heteroatoms. The third-order valence-electron chi connectivity index (χ3n) is 8.52. The van der Waals surface area contributed by atoms with Gasteiger partial charge in [0.2, 0.25) is 5.91 Å². The van der Waals surface area contributed by atoms with Crippen LogP contribution in [-0.2, 0) is 11.3 Å². The Hall–Kier alpha value is -3.04. The van der Waals surface area contributed by atoms with E-state index in [1.165, 1.54) is 34.0 Å². The number of likely N-dealkylation sites (tertiary alicyclic amines) is 1. The van der Waals surface area contributed by atoms with Crippen LogP contribution in [0.2, 0.25) is 0 Å². The molecule has 2 aliphatic heterocycles. The molecular formula is C32H42FN5O2. The zero-order valence-corrected chi connectivity index (χ0v) is 23.7. The van der Waals surface area contributed by atoms with Crippen LogP contribution in [-0.4, -0.2) is 85.4 Å². The SMILES string of the molecule is CNCCCNC[C@@H](O)CN1CN(c2ccc(F)cc2)C2(CCN(Cc3cccc4cccc(C)c34)CC2)C1=O. The number of nitrogens with one attached hydrogen (secondary N) is 2. The van der Waals surface area contributed by atoms with E-state index >= 15 is 0 Å². The first-order valence-corrected chi connectivity index (χ1v) is 14.5. The number of benzene rings is 3. The number of carbonyl (C=O) groups is 1. The van der Waals surface area contributed by atoms with Gasteiger partial charge in [0.25, 0.3) is 0 Å². The molecule has 0 aliphatic carbocycles. The Morgan fingerprint density at radius 3 is 2.48 bits per heavy atom. The van der Waals surface area contributed by atoms with Gasteiger partial charge < -0.3 is 25.5 Å². The van der Waals surface area contributed by atoms with Gasteiger partial charge >= 0.3 is 0 Å². The van der Waals surface area contributed by atoms with Crippen molar-refractivity contribution >= 4 is 22.4 Å². The van der Waals surface area contributed by atoms with Gasteiger partial charge in [0.1, 0.15) is 11.4 Å². The summed E-state index contributed by atoms with van der Waals surface area (Å²) in [6, 6.07) is 19.4. The molecule has 0 aromatic heterocycles. The summed E-state index contributed by atoms with van der Waals surface area (Å²) in [6.45, 7) is 7.41. The Kier molecular flexibility index (Phi) is 9.00. The third kappa shape index (κ3) is 6.00. The average Bonchev–Trinajstić information content (AvgIpc) is 3.21. The molecule has 40 heavy (non-hydrogen) atoms. The number of halogens is 1. The predicted molar refractivity (Wildman–Crippen MR) is 159 cm³/mol. The number of hydrogen-bond acceptors (Lipinski definition) is 6. The van der Waals surface area contributed by atoms with Crippen LogP contribution in [0.4, 0.5) is 10.1 Å². The normalized spacial score (nSPS) is 18.2. The number of fused-ring (bicyclic) bond motifs is 1. The molecule has 1 spiro atoms. The van der Waals surface area contributed by atoms with E-state index in [-0.39, 0.29) is 18.3 Å². The first-order chi connectivity index (χ1) is 19.4. The molecule has 7 nitrogen and oxygen atoms in total. The number of amides is 1. The van der Waals surface area contributed by atoms with E-state index < -0.39 is 11.6 Å². The van der Waals surface area contributed by atoms with Crippen molar-refractivity contribution in [3.8, 4) is 0 Å². The highest BCUT2D eigenvalue weighted by molar-refractivity contribution is 5.93. The van der Waals surface area contributed by atoms with E-state index in [4.69, 9.17) is 0 Å². The van der Waals surface area contributed by atoms with Crippen LogP contribution in [0, 0.1) is 12.7 Å². The van der Waals surface area contributed by atoms with Crippen LogP contribution < -0.4 is 15.5 Å². The molecule has 0 saturated carbocycles. The fourth-order valence-corrected chi connectivity index (χ4v) is 6.41. The first kappa shape index (κ1) is 28.5. The smallest absolute Gasteiger partial charge is 0.250 e. The van der Waals surface area contributed by atoms with E-state index in [0.717, 1.165) is 44.8 Å². The van der Waals surface area contributed by atoms with Crippen LogP contribution >= 0.6 is 0 Å². The Morgan fingerprint density at radius 2 is 1.75 bits per heavy atom. The lowest BCUT2D eigenvalue weighted by atomic mass is 9.85. The maximum absolute atomic E-state index is 14.0. The second kappa shape index (κ2) is 12.6. The number of anilines is 1. The standard InChI is InChI=1S/C32H42FN5O2/c1-24-6-3-7-25-8-4-9-26(30(24)25)21-36-18-14-32(15-19-36)31(40)37(22-29(39)20-35-17-5-16-34-2)23-38(32)28-12-10-27(33)11-13-28/h3-4,6-13,29,34-35,39H,5,14-23H2,1-2H3/t29-/m1/s1. The molecule has 1 amide bonds. The largest absolute Gasteiger partial charge is 0.390 e. The molecule has 0 radical (unpaired) electrons. The van der Waals surface area contributed by atoms with Crippen molar-refractivity contribution < 1.29 is 14.3 Å². The minimum Gasteiger partial charge on any atom is -0.390 e. The lowest BCUT2D eigenvalue weighted by Gasteiger charge is -2.43. The molecule has 2 saturated heterocycles. The lowest BCUT2D eigenvalue weighted by molar-refractivity contribution is -0.134. The van der Waals surface area contributed by atoms with Gasteiger partial charge in [-0.2, -0.15) is 0 Å². The second-order valence-electron chi connectivity index (χ2n) is 11.3.